The van der Waals surface area contributed by atoms with Gasteiger partial charge in [0.2, 0.25) is 17.7 Å². The van der Waals surface area contributed by atoms with Gasteiger partial charge in [0.25, 0.3) is 0 Å². The summed E-state index contributed by atoms with van der Waals surface area (Å²) < 4.78 is 0. The van der Waals surface area contributed by atoms with E-state index in [0.29, 0.717) is 38.6 Å². The molecule has 14 heteroatoms. The second kappa shape index (κ2) is 16.3. The summed E-state index contributed by atoms with van der Waals surface area (Å²) in [6.45, 7) is 1.38. The molecule has 0 aliphatic carbocycles. The van der Waals surface area contributed by atoms with Gasteiger partial charge < -0.3 is 48.6 Å². The number of hydrogen-bond donors (Lipinski definition) is 9. The van der Waals surface area contributed by atoms with Gasteiger partial charge in [0.05, 0.1) is 6.04 Å². The smallest absolute Gasteiger partial charge is 0.326 e. The lowest BCUT2D eigenvalue weighted by Gasteiger charge is -2.25. The van der Waals surface area contributed by atoms with Crippen LogP contribution in [-0.4, -0.2) is 83.5 Å². The van der Waals surface area contributed by atoms with Crippen LogP contribution in [0.15, 0.2) is 35.5 Å². The van der Waals surface area contributed by atoms with Crippen molar-refractivity contribution in [2.24, 2.45) is 22.2 Å². The highest BCUT2D eigenvalue weighted by molar-refractivity contribution is 5.94. The van der Waals surface area contributed by atoms with Crippen LogP contribution in [0.4, 0.5) is 0 Å². The molecule has 1 aromatic heterocycles. The number of benzene rings is 1. The minimum absolute atomic E-state index is 0.0336. The first kappa shape index (κ1) is 32.3. The van der Waals surface area contributed by atoms with Crippen LogP contribution in [-0.2, 0) is 25.6 Å². The molecule has 1 saturated heterocycles. The molecule has 1 aromatic carbocycles. The molecule has 3 amide bonds. The van der Waals surface area contributed by atoms with E-state index >= 15 is 0 Å². The number of nitrogens with two attached hydrogens (primary N) is 3. The van der Waals surface area contributed by atoms with Crippen LogP contribution in [0.5, 0.6) is 0 Å². The fraction of sp³-hybridized carbons (Fsp3) is 0.536. The number of hydrogen-bond acceptors (Lipinski definition) is 7. The molecule has 230 valence electrons. The van der Waals surface area contributed by atoms with Crippen LogP contribution < -0.4 is 38.5 Å². The third-order valence-electron chi connectivity index (χ3n) is 7.25. The van der Waals surface area contributed by atoms with Gasteiger partial charge in [-0.2, -0.15) is 0 Å². The standard InChI is InChI=1S/C28H43N9O5/c29-12-4-3-9-21(35-24(38)20-10-5-13-32-20)25(39)36-22(11-6-14-33-28(30)31)26(40)37-23(27(41)42)15-17-16-34-19-8-2-1-7-18(17)19/h1-2,7-8,16,20-23,32,34H,3-6,9-15,29H2,(H,35,38)(H,36,39)(H,37,40)(H,41,42)(H4,30,31,33). The predicted molar refractivity (Wildman–Crippen MR) is 159 cm³/mol. The number of para-hydroxylation sites is 1. The van der Waals surface area contributed by atoms with Crippen molar-refractivity contribution in [3.63, 3.8) is 0 Å². The second-order valence-corrected chi connectivity index (χ2v) is 10.5. The van der Waals surface area contributed by atoms with Crippen LogP contribution in [0.25, 0.3) is 10.9 Å². The van der Waals surface area contributed by atoms with Crippen molar-refractivity contribution >= 4 is 40.6 Å². The average Bonchev–Trinajstić information content (AvgIpc) is 3.64. The monoisotopic (exact) mass is 585 g/mol. The van der Waals surface area contributed by atoms with Crippen LogP contribution >= 0.6 is 0 Å². The van der Waals surface area contributed by atoms with Gasteiger partial charge >= 0.3 is 5.97 Å². The molecule has 2 aromatic rings. The largest absolute Gasteiger partial charge is 0.480 e. The summed E-state index contributed by atoms with van der Waals surface area (Å²) in [6, 6.07) is 3.86. The maximum absolute atomic E-state index is 13.4. The highest BCUT2D eigenvalue weighted by atomic mass is 16.4. The Hall–Kier alpha value is -4.17. The lowest BCUT2D eigenvalue weighted by atomic mass is 10.0. The number of aromatic nitrogens is 1. The minimum Gasteiger partial charge on any atom is -0.480 e. The van der Waals surface area contributed by atoms with Crippen molar-refractivity contribution in [3.8, 4) is 0 Å². The third kappa shape index (κ3) is 9.73. The molecule has 42 heavy (non-hydrogen) atoms. The van der Waals surface area contributed by atoms with Crippen LogP contribution in [0.2, 0.25) is 0 Å². The van der Waals surface area contributed by atoms with E-state index in [4.69, 9.17) is 17.2 Å². The van der Waals surface area contributed by atoms with Crippen molar-refractivity contribution in [2.45, 2.75) is 75.5 Å². The van der Waals surface area contributed by atoms with Gasteiger partial charge in [-0.15, -0.1) is 0 Å². The van der Waals surface area contributed by atoms with Crippen LogP contribution in [0.3, 0.4) is 0 Å². The molecule has 0 saturated carbocycles. The Labute approximate surface area is 244 Å². The Morgan fingerprint density at radius 3 is 2.33 bits per heavy atom. The first-order chi connectivity index (χ1) is 20.2. The number of carbonyl (C=O) groups excluding carboxylic acids is 3. The fourth-order valence-corrected chi connectivity index (χ4v) is 4.98. The molecule has 4 atom stereocenters. The first-order valence-electron chi connectivity index (χ1n) is 14.4. The normalized spacial score (nSPS) is 16.7. The van der Waals surface area contributed by atoms with Crippen LogP contribution in [0, 0.1) is 0 Å². The van der Waals surface area contributed by atoms with Gasteiger partial charge in [-0.1, -0.05) is 18.2 Å². The molecular weight excluding hydrogens is 542 g/mol. The van der Waals surface area contributed by atoms with E-state index in [1.165, 1.54) is 0 Å². The zero-order valence-electron chi connectivity index (χ0n) is 23.7. The number of rotatable bonds is 17. The molecule has 1 aliphatic rings. The molecule has 1 fully saturated rings. The Kier molecular flexibility index (Phi) is 12.6. The van der Waals surface area contributed by atoms with E-state index in [9.17, 15) is 24.3 Å². The SMILES string of the molecule is NCCCCC(NC(=O)C1CCCN1)C(=O)NC(CCCN=C(N)N)C(=O)NC(Cc1c[nH]c2ccccc12)C(=O)O. The molecule has 12 N–H and O–H groups in total. The Morgan fingerprint density at radius 2 is 1.67 bits per heavy atom. The minimum atomic E-state index is -1.25. The van der Waals surface area contributed by atoms with Gasteiger partial charge in [-0.3, -0.25) is 19.4 Å². The van der Waals surface area contributed by atoms with Gasteiger partial charge in [0.1, 0.15) is 18.1 Å². The number of amides is 3. The quantitative estimate of drug-likeness (QED) is 0.0639. The van der Waals surface area contributed by atoms with E-state index in [1.807, 2.05) is 24.3 Å². The molecular formula is C28H43N9O5. The lowest BCUT2D eigenvalue weighted by Crippen LogP contribution is -2.57. The number of carboxylic acids is 1. The number of fused-ring (bicyclic) bond motifs is 1. The number of aliphatic imine (C=N–C) groups is 1. The van der Waals surface area contributed by atoms with Gasteiger partial charge in [-0.25, -0.2) is 4.79 Å². The number of H-pyrrole nitrogens is 1. The van der Waals surface area contributed by atoms with Crippen molar-refractivity contribution < 1.29 is 24.3 Å². The number of nitrogens with one attached hydrogen (secondary N) is 5. The maximum atomic E-state index is 13.4. The Balaban J connectivity index is 1.74. The summed E-state index contributed by atoms with van der Waals surface area (Å²) in [6.07, 6.45) is 5.37. The third-order valence-corrected chi connectivity index (χ3v) is 7.25. The average molecular weight is 586 g/mol. The number of carboxylic acid groups (broad SMARTS) is 1. The molecule has 0 bridgehead atoms. The summed E-state index contributed by atoms with van der Waals surface area (Å²) in [5, 5.41) is 22.0. The Morgan fingerprint density at radius 1 is 0.976 bits per heavy atom. The molecule has 4 unspecified atom stereocenters. The molecule has 0 spiro atoms. The molecule has 14 nitrogen and oxygen atoms in total. The van der Waals surface area contributed by atoms with Crippen molar-refractivity contribution in [1.82, 2.24) is 26.3 Å². The number of nitrogens with zero attached hydrogens (tertiary/aromatic N) is 1. The number of aliphatic carboxylic acids is 1. The van der Waals surface area contributed by atoms with E-state index < -0.39 is 35.9 Å². The number of carbonyl (C=O) groups is 4. The summed E-state index contributed by atoms with van der Waals surface area (Å²) in [5.74, 6) is -2.80. The lowest BCUT2D eigenvalue weighted by molar-refractivity contribution is -0.142. The number of guanidine groups is 1. The maximum Gasteiger partial charge on any atom is 0.326 e. The van der Waals surface area contributed by atoms with Crippen LogP contribution in [0.1, 0.15) is 50.5 Å². The van der Waals surface area contributed by atoms with E-state index in [1.54, 1.807) is 6.20 Å². The number of unbranched alkanes of at least 4 members (excludes halogenated alkanes) is 1. The first-order valence-corrected chi connectivity index (χ1v) is 14.4. The highest BCUT2D eigenvalue weighted by Gasteiger charge is 2.31. The topological polar surface area (TPSA) is 243 Å². The molecule has 0 radical (unpaired) electrons. The van der Waals surface area contributed by atoms with Crippen molar-refractivity contribution in [3.05, 3.63) is 36.0 Å². The Bertz CT molecular complexity index is 1240. The van der Waals surface area contributed by atoms with E-state index in [0.717, 1.165) is 29.4 Å². The zero-order valence-corrected chi connectivity index (χ0v) is 23.7. The van der Waals surface area contributed by atoms with Gasteiger partial charge in [-0.05, 0) is 69.7 Å². The molecule has 2 heterocycles. The summed E-state index contributed by atoms with van der Waals surface area (Å²) in [4.78, 5) is 58.8. The predicted octanol–water partition coefficient (Wildman–Crippen LogP) is -0.816. The molecule has 1 aliphatic heterocycles. The van der Waals surface area contributed by atoms with E-state index in [-0.39, 0.29) is 37.3 Å². The van der Waals surface area contributed by atoms with Gasteiger partial charge in [0, 0.05) is 30.1 Å². The zero-order chi connectivity index (χ0) is 30.5. The van der Waals surface area contributed by atoms with E-state index in [2.05, 4.69) is 31.2 Å². The molecule has 3 rings (SSSR count). The fourth-order valence-electron chi connectivity index (χ4n) is 4.98. The van der Waals surface area contributed by atoms with Gasteiger partial charge in [0.15, 0.2) is 5.96 Å². The highest BCUT2D eigenvalue weighted by Crippen LogP contribution is 2.19. The second-order valence-electron chi connectivity index (χ2n) is 10.5. The summed E-state index contributed by atoms with van der Waals surface area (Å²) in [5.41, 5.74) is 18.0. The van der Waals surface area contributed by atoms with Crippen molar-refractivity contribution in [1.29, 1.82) is 0 Å². The summed E-state index contributed by atoms with van der Waals surface area (Å²) in [7, 11) is 0. The number of aromatic amines is 1. The van der Waals surface area contributed by atoms with Crippen molar-refractivity contribution in [2.75, 3.05) is 19.6 Å². The summed E-state index contributed by atoms with van der Waals surface area (Å²) >= 11 is 0.